The summed E-state index contributed by atoms with van der Waals surface area (Å²) in [7, 11) is 0. The third-order valence-electron chi connectivity index (χ3n) is 2.51. The van der Waals surface area contributed by atoms with Gasteiger partial charge in [-0.05, 0) is 12.5 Å². The molecule has 0 saturated carbocycles. The molecule has 0 spiro atoms. The molecule has 0 aliphatic heterocycles. The monoisotopic (exact) mass is 275 g/mol. The number of amides is 1. The minimum absolute atomic E-state index is 0.0501. The fraction of sp³-hybridized carbons (Fsp3) is 0.462. The molecule has 1 amide bonds. The summed E-state index contributed by atoms with van der Waals surface area (Å²) in [5.41, 5.74) is 0.0501. The minimum atomic E-state index is -0.969. The van der Waals surface area contributed by atoms with E-state index in [-0.39, 0.29) is 23.3 Å². The van der Waals surface area contributed by atoms with Crippen molar-refractivity contribution in [1.29, 1.82) is 0 Å². The fourth-order valence-electron chi connectivity index (χ4n) is 1.56. The Balaban J connectivity index is 2.47. The van der Waals surface area contributed by atoms with Crippen molar-refractivity contribution < 1.29 is 13.6 Å². The maximum Gasteiger partial charge on any atom is 0.224 e. The summed E-state index contributed by atoms with van der Waals surface area (Å²) in [6.07, 6.45) is 1.55. The van der Waals surface area contributed by atoms with E-state index in [9.17, 15) is 13.6 Å². The Hall–Kier alpha value is -1.16. The van der Waals surface area contributed by atoms with Crippen LogP contribution in [0.4, 0.5) is 8.78 Å². The molecule has 0 bridgehead atoms. The average Bonchev–Trinajstić information content (AvgIpc) is 2.33. The van der Waals surface area contributed by atoms with Gasteiger partial charge in [0, 0.05) is 12.1 Å². The zero-order valence-electron chi connectivity index (χ0n) is 10.2. The van der Waals surface area contributed by atoms with Crippen LogP contribution < -0.4 is 5.32 Å². The van der Waals surface area contributed by atoms with Crippen molar-refractivity contribution in [2.75, 3.05) is 6.54 Å². The van der Waals surface area contributed by atoms with Crippen LogP contribution in [0.3, 0.4) is 0 Å². The molecule has 1 atom stereocenters. The molecule has 0 radical (unpaired) electrons. The number of rotatable bonds is 6. The van der Waals surface area contributed by atoms with Crippen LogP contribution in [0.15, 0.2) is 18.2 Å². The molecule has 0 aliphatic carbocycles. The smallest absolute Gasteiger partial charge is 0.224 e. The van der Waals surface area contributed by atoms with Gasteiger partial charge in [-0.1, -0.05) is 25.5 Å². The van der Waals surface area contributed by atoms with E-state index < -0.39 is 11.6 Å². The largest absolute Gasteiger partial charge is 0.354 e. The van der Waals surface area contributed by atoms with Gasteiger partial charge in [-0.15, -0.1) is 11.6 Å². The lowest BCUT2D eigenvalue weighted by molar-refractivity contribution is -0.120. The van der Waals surface area contributed by atoms with Gasteiger partial charge in [0.15, 0.2) is 11.6 Å². The summed E-state index contributed by atoms with van der Waals surface area (Å²) < 4.78 is 26.2. The van der Waals surface area contributed by atoms with Crippen molar-refractivity contribution >= 4 is 17.5 Å². The molecule has 0 aromatic heterocycles. The molecule has 5 heteroatoms. The van der Waals surface area contributed by atoms with Crippen LogP contribution in [0.2, 0.25) is 0 Å². The van der Waals surface area contributed by atoms with E-state index in [0.29, 0.717) is 6.54 Å². The van der Waals surface area contributed by atoms with Crippen LogP contribution in [-0.4, -0.2) is 17.8 Å². The molecule has 0 aliphatic rings. The third-order valence-corrected chi connectivity index (χ3v) is 2.88. The first-order valence-corrected chi connectivity index (χ1v) is 6.32. The summed E-state index contributed by atoms with van der Waals surface area (Å²) >= 11 is 5.94. The third kappa shape index (κ3) is 4.61. The number of alkyl halides is 1. The van der Waals surface area contributed by atoms with Gasteiger partial charge >= 0.3 is 0 Å². The molecule has 100 valence electrons. The molecule has 0 fully saturated rings. The van der Waals surface area contributed by atoms with Gasteiger partial charge in [0.1, 0.15) is 0 Å². The Morgan fingerprint density at radius 1 is 1.44 bits per heavy atom. The van der Waals surface area contributed by atoms with Gasteiger partial charge in [-0.2, -0.15) is 0 Å². The lowest BCUT2D eigenvalue weighted by Crippen LogP contribution is -2.31. The van der Waals surface area contributed by atoms with Gasteiger partial charge in [0.05, 0.1) is 11.8 Å². The second-order valence-corrected chi connectivity index (χ2v) is 4.70. The molecule has 0 saturated heterocycles. The van der Waals surface area contributed by atoms with Crippen LogP contribution in [-0.2, 0) is 11.2 Å². The molecular weight excluding hydrogens is 260 g/mol. The second-order valence-electron chi connectivity index (χ2n) is 4.08. The molecular formula is C13H16ClF2NO. The van der Waals surface area contributed by atoms with Crippen LogP contribution in [0.1, 0.15) is 25.3 Å². The van der Waals surface area contributed by atoms with E-state index in [1.54, 1.807) is 0 Å². The minimum Gasteiger partial charge on any atom is -0.354 e. The lowest BCUT2D eigenvalue weighted by Gasteiger charge is -2.10. The number of hydrogen-bond acceptors (Lipinski definition) is 1. The Labute approximate surface area is 110 Å². The van der Waals surface area contributed by atoms with Crippen LogP contribution in [0, 0.1) is 11.6 Å². The molecule has 1 rings (SSSR count). The SMILES string of the molecule is CCCC(Cl)CNC(=O)Cc1cccc(F)c1F. The Kier molecular flexibility index (Phi) is 6.05. The molecule has 1 unspecified atom stereocenters. The van der Waals surface area contributed by atoms with Gasteiger partial charge < -0.3 is 5.32 Å². The highest BCUT2D eigenvalue weighted by atomic mass is 35.5. The van der Waals surface area contributed by atoms with Crippen LogP contribution in [0.25, 0.3) is 0 Å². The number of hydrogen-bond donors (Lipinski definition) is 1. The summed E-state index contributed by atoms with van der Waals surface area (Å²) in [5, 5.41) is 2.47. The summed E-state index contributed by atoms with van der Waals surface area (Å²) in [5.74, 6) is -2.27. The van der Waals surface area contributed by atoms with Crippen molar-refractivity contribution in [3.63, 3.8) is 0 Å². The highest BCUT2D eigenvalue weighted by Gasteiger charge is 2.12. The van der Waals surface area contributed by atoms with Gasteiger partial charge in [-0.3, -0.25) is 4.79 Å². The molecule has 1 aromatic rings. The van der Waals surface area contributed by atoms with Crippen LogP contribution in [0.5, 0.6) is 0 Å². The van der Waals surface area contributed by atoms with E-state index in [1.165, 1.54) is 12.1 Å². The van der Waals surface area contributed by atoms with E-state index in [1.807, 2.05) is 6.92 Å². The van der Waals surface area contributed by atoms with Gasteiger partial charge in [0.25, 0.3) is 0 Å². The predicted molar refractivity (Wildman–Crippen MR) is 67.6 cm³/mol. The maximum atomic E-state index is 13.3. The summed E-state index contributed by atoms with van der Waals surface area (Å²) in [4.78, 5) is 11.5. The molecule has 1 N–H and O–H groups in total. The number of carbonyl (C=O) groups is 1. The van der Waals surface area contributed by atoms with Crippen molar-refractivity contribution in [1.82, 2.24) is 5.32 Å². The van der Waals surface area contributed by atoms with E-state index in [0.717, 1.165) is 18.9 Å². The van der Waals surface area contributed by atoms with Crippen molar-refractivity contribution in [2.45, 2.75) is 31.6 Å². The fourth-order valence-corrected chi connectivity index (χ4v) is 1.86. The number of carbonyl (C=O) groups excluding carboxylic acids is 1. The van der Waals surface area contributed by atoms with Gasteiger partial charge in [0.2, 0.25) is 5.91 Å². The van der Waals surface area contributed by atoms with Gasteiger partial charge in [-0.25, -0.2) is 8.78 Å². The number of nitrogens with one attached hydrogen (secondary N) is 1. The second kappa shape index (κ2) is 7.31. The van der Waals surface area contributed by atoms with Crippen molar-refractivity contribution in [3.05, 3.63) is 35.4 Å². The van der Waals surface area contributed by atoms with Crippen LogP contribution >= 0.6 is 11.6 Å². The van der Waals surface area contributed by atoms with E-state index in [2.05, 4.69) is 5.32 Å². The molecule has 18 heavy (non-hydrogen) atoms. The first kappa shape index (κ1) is 14.9. The Bertz CT molecular complexity index is 412. The van der Waals surface area contributed by atoms with Crippen molar-refractivity contribution in [2.24, 2.45) is 0 Å². The molecule has 2 nitrogen and oxygen atoms in total. The quantitative estimate of drug-likeness (QED) is 0.795. The normalized spacial score (nSPS) is 12.2. The summed E-state index contributed by atoms with van der Waals surface area (Å²) in [6, 6.07) is 3.79. The number of benzene rings is 1. The maximum absolute atomic E-state index is 13.3. The average molecular weight is 276 g/mol. The number of halogens is 3. The topological polar surface area (TPSA) is 29.1 Å². The Morgan fingerprint density at radius 2 is 2.17 bits per heavy atom. The lowest BCUT2D eigenvalue weighted by atomic mass is 10.1. The Morgan fingerprint density at radius 3 is 2.83 bits per heavy atom. The zero-order chi connectivity index (χ0) is 13.5. The first-order valence-electron chi connectivity index (χ1n) is 5.88. The highest BCUT2D eigenvalue weighted by Crippen LogP contribution is 2.12. The van der Waals surface area contributed by atoms with Crippen molar-refractivity contribution in [3.8, 4) is 0 Å². The molecule has 0 heterocycles. The predicted octanol–water partition coefficient (Wildman–Crippen LogP) is 3.03. The van der Waals surface area contributed by atoms with E-state index in [4.69, 9.17) is 11.6 Å². The first-order chi connectivity index (χ1) is 8.54. The highest BCUT2D eigenvalue weighted by molar-refractivity contribution is 6.20. The zero-order valence-corrected chi connectivity index (χ0v) is 10.9. The molecule has 1 aromatic carbocycles. The van der Waals surface area contributed by atoms with E-state index >= 15 is 0 Å². The standard InChI is InChI=1S/C13H16ClF2NO/c1-2-4-10(14)8-17-12(18)7-9-5-3-6-11(15)13(9)16/h3,5-6,10H,2,4,7-8H2,1H3,(H,17,18). The summed E-state index contributed by atoms with van der Waals surface area (Å²) in [6.45, 7) is 2.34.